The van der Waals surface area contributed by atoms with Crippen LogP contribution in [-0.4, -0.2) is 35.6 Å². The summed E-state index contributed by atoms with van der Waals surface area (Å²) < 4.78 is 6.70. The van der Waals surface area contributed by atoms with Crippen LogP contribution in [0.3, 0.4) is 0 Å². The lowest BCUT2D eigenvalue weighted by atomic mass is 9.44. The first-order valence-electron chi connectivity index (χ1n) is 13.5. The van der Waals surface area contributed by atoms with Crippen molar-refractivity contribution in [3.63, 3.8) is 0 Å². The minimum Gasteiger partial charge on any atom is -0.364 e. The molecule has 31 heavy (non-hydrogen) atoms. The zero-order valence-electron chi connectivity index (χ0n) is 20.3. The molecule has 176 valence electrons. The first-order chi connectivity index (χ1) is 14.7. The lowest BCUT2D eigenvalue weighted by Gasteiger charge is -2.62. The highest BCUT2D eigenvalue weighted by Crippen LogP contribution is 2.69. The van der Waals surface area contributed by atoms with Crippen LogP contribution in [0.25, 0.3) is 0 Å². The van der Waals surface area contributed by atoms with Gasteiger partial charge in [-0.1, -0.05) is 27.7 Å². The van der Waals surface area contributed by atoms with Gasteiger partial charge in [-0.2, -0.15) is 0 Å². The SMILES string of the molecule is C[C@@H]1CNC2[C@H](C)C3[C@H](CC4C5CCC6C[C@H](N)CC[C@@]6(C)C5CC[C@]43C)O[C@]2(O)C1. The van der Waals surface area contributed by atoms with Crippen molar-refractivity contribution in [3.05, 3.63) is 0 Å². The highest BCUT2D eigenvalue weighted by atomic mass is 16.6. The van der Waals surface area contributed by atoms with Crippen molar-refractivity contribution in [3.8, 4) is 0 Å². The Morgan fingerprint density at radius 2 is 1.74 bits per heavy atom. The summed E-state index contributed by atoms with van der Waals surface area (Å²) in [4.78, 5) is 0. The highest BCUT2D eigenvalue weighted by molar-refractivity contribution is 5.15. The first-order valence-corrected chi connectivity index (χ1v) is 13.5. The molecule has 0 amide bonds. The highest BCUT2D eigenvalue weighted by Gasteiger charge is 2.67. The van der Waals surface area contributed by atoms with Gasteiger partial charge in [-0.05, 0) is 110 Å². The van der Waals surface area contributed by atoms with Gasteiger partial charge in [0.25, 0.3) is 0 Å². The molecule has 0 aromatic rings. The molecule has 6 rings (SSSR count). The van der Waals surface area contributed by atoms with Gasteiger partial charge in [0.2, 0.25) is 0 Å². The summed E-state index contributed by atoms with van der Waals surface area (Å²) in [5.41, 5.74) is 7.27. The summed E-state index contributed by atoms with van der Waals surface area (Å²) >= 11 is 0. The van der Waals surface area contributed by atoms with Crippen molar-refractivity contribution in [2.75, 3.05) is 6.54 Å². The Morgan fingerprint density at radius 3 is 2.55 bits per heavy atom. The minimum atomic E-state index is -0.968. The predicted octanol–water partition coefficient (Wildman–Crippen LogP) is 4.30. The molecule has 2 heterocycles. The van der Waals surface area contributed by atoms with E-state index >= 15 is 0 Å². The van der Waals surface area contributed by atoms with Crippen LogP contribution in [0.2, 0.25) is 0 Å². The van der Waals surface area contributed by atoms with Crippen LogP contribution < -0.4 is 11.1 Å². The molecular formula is C27H46N2O2. The second-order valence-corrected chi connectivity index (χ2v) is 13.6. The maximum atomic E-state index is 11.6. The lowest BCUT2D eigenvalue weighted by Crippen LogP contribution is -2.68. The molecule has 0 bridgehead atoms. The maximum absolute atomic E-state index is 11.6. The number of aliphatic hydroxyl groups is 1. The van der Waals surface area contributed by atoms with Crippen LogP contribution in [0.15, 0.2) is 0 Å². The van der Waals surface area contributed by atoms with E-state index in [1.54, 1.807) is 0 Å². The van der Waals surface area contributed by atoms with E-state index in [0.717, 1.165) is 36.6 Å². The molecule has 0 radical (unpaired) electrons. The summed E-state index contributed by atoms with van der Waals surface area (Å²) in [5.74, 6) is 3.88. The Hall–Kier alpha value is -0.160. The van der Waals surface area contributed by atoms with Gasteiger partial charge in [0.1, 0.15) is 0 Å². The van der Waals surface area contributed by atoms with E-state index in [1.807, 2.05) is 0 Å². The third kappa shape index (κ3) is 2.87. The Kier molecular flexibility index (Phi) is 4.78. The molecule has 4 heteroatoms. The fourth-order valence-corrected chi connectivity index (χ4v) is 10.8. The Morgan fingerprint density at radius 1 is 0.968 bits per heavy atom. The number of hydrogen-bond donors (Lipinski definition) is 3. The molecule has 4 aliphatic carbocycles. The molecule has 13 atom stereocenters. The van der Waals surface area contributed by atoms with Gasteiger partial charge in [0.15, 0.2) is 5.79 Å². The van der Waals surface area contributed by atoms with Gasteiger partial charge in [0, 0.05) is 12.5 Å². The Balaban J connectivity index is 1.30. The van der Waals surface area contributed by atoms with Crippen molar-refractivity contribution in [2.45, 2.75) is 109 Å². The van der Waals surface area contributed by atoms with Crippen LogP contribution >= 0.6 is 0 Å². The summed E-state index contributed by atoms with van der Waals surface area (Å²) in [7, 11) is 0. The standard InChI is InChI=1S/C27H46N2O2/c1-15-13-27(30)24(29-14-15)16(2)23-22(31-27)12-21-19-6-5-17-11-18(28)7-9-25(17,3)20(19)8-10-26(21,23)4/h15-24,29-30H,5-14,28H2,1-4H3/t15-,16+,17?,18+,19?,20?,21?,22-,23?,24?,25+,26+,27+/m0/s1. The largest absolute Gasteiger partial charge is 0.364 e. The van der Waals surface area contributed by atoms with E-state index in [1.165, 1.54) is 51.4 Å². The second-order valence-electron chi connectivity index (χ2n) is 13.6. The molecular weight excluding hydrogens is 384 g/mol. The van der Waals surface area contributed by atoms with Crippen molar-refractivity contribution >= 4 is 0 Å². The number of nitrogens with two attached hydrogens (primary N) is 1. The molecule has 2 aliphatic heterocycles. The quantitative estimate of drug-likeness (QED) is 0.536. The second kappa shape index (κ2) is 6.93. The smallest absolute Gasteiger partial charge is 0.181 e. The average molecular weight is 431 g/mol. The fraction of sp³-hybridized carbons (Fsp3) is 1.00. The molecule has 0 spiro atoms. The zero-order valence-corrected chi connectivity index (χ0v) is 20.3. The summed E-state index contributed by atoms with van der Waals surface area (Å²) in [5, 5.41) is 15.3. The third-order valence-corrected chi connectivity index (χ3v) is 12.1. The number of rotatable bonds is 0. The van der Waals surface area contributed by atoms with Crippen LogP contribution in [0, 0.1) is 52.3 Å². The molecule has 4 saturated carbocycles. The average Bonchev–Trinajstić information content (AvgIpc) is 2.99. The van der Waals surface area contributed by atoms with E-state index in [2.05, 4.69) is 33.0 Å². The lowest BCUT2D eigenvalue weighted by molar-refractivity contribution is -0.310. The van der Waals surface area contributed by atoms with Crippen molar-refractivity contribution < 1.29 is 9.84 Å². The Bertz CT molecular complexity index is 730. The van der Waals surface area contributed by atoms with Crippen LogP contribution in [0.5, 0.6) is 0 Å². The normalized spacial score (nSPS) is 63.3. The van der Waals surface area contributed by atoms with Crippen LogP contribution in [0.1, 0.15) is 85.5 Å². The molecule has 6 unspecified atom stereocenters. The van der Waals surface area contributed by atoms with Gasteiger partial charge < -0.3 is 20.9 Å². The van der Waals surface area contributed by atoms with E-state index in [0.29, 0.717) is 34.6 Å². The van der Waals surface area contributed by atoms with Crippen molar-refractivity contribution in [1.29, 1.82) is 0 Å². The van der Waals surface area contributed by atoms with Crippen molar-refractivity contribution in [1.82, 2.24) is 5.32 Å². The minimum absolute atomic E-state index is 0.0892. The Labute approximate surface area is 189 Å². The first kappa shape index (κ1) is 21.4. The third-order valence-electron chi connectivity index (χ3n) is 12.1. The number of piperidine rings is 1. The number of hydrogen-bond acceptors (Lipinski definition) is 4. The van der Waals surface area contributed by atoms with E-state index in [4.69, 9.17) is 10.5 Å². The summed E-state index contributed by atoms with van der Waals surface area (Å²) in [6, 6.07) is 0.525. The summed E-state index contributed by atoms with van der Waals surface area (Å²) in [6.45, 7) is 10.9. The van der Waals surface area contributed by atoms with Crippen LogP contribution in [-0.2, 0) is 4.74 Å². The van der Waals surface area contributed by atoms with Gasteiger partial charge in [-0.15, -0.1) is 0 Å². The fourth-order valence-electron chi connectivity index (χ4n) is 10.8. The summed E-state index contributed by atoms with van der Waals surface area (Å²) in [6.07, 6.45) is 11.5. The molecule has 0 aromatic carbocycles. The molecule has 4 nitrogen and oxygen atoms in total. The maximum Gasteiger partial charge on any atom is 0.181 e. The van der Waals surface area contributed by atoms with Gasteiger partial charge >= 0.3 is 0 Å². The molecule has 2 saturated heterocycles. The molecule has 6 aliphatic rings. The number of fused-ring (bicyclic) bond motifs is 8. The topological polar surface area (TPSA) is 67.5 Å². The van der Waals surface area contributed by atoms with E-state index < -0.39 is 5.79 Å². The van der Waals surface area contributed by atoms with Crippen molar-refractivity contribution in [2.24, 2.45) is 58.0 Å². The van der Waals surface area contributed by atoms with Gasteiger partial charge in [-0.25, -0.2) is 0 Å². The number of nitrogens with one attached hydrogen (secondary N) is 1. The zero-order chi connectivity index (χ0) is 21.8. The van der Waals surface area contributed by atoms with E-state index in [-0.39, 0.29) is 12.1 Å². The molecule has 6 fully saturated rings. The van der Waals surface area contributed by atoms with E-state index in [9.17, 15) is 5.11 Å². The molecule has 0 aromatic heterocycles. The van der Waals surface area contributed by atoms with Gasteiger partial charge in [-0.3, -0.25) is 0 Å². The van der Waals surface area contributed by atoms with Crippen LogP contribution in [0.4, 0.5) is 0 Å². The monoisotopic (exact) mass is 430 g/mol. The van der Waals surface area contributed by atoms with Gasteiger partial charge in [0.05, 0.1) is 12.1 Å². The molecule has 4 N–H and O–H groups in total. The number of ether oxygens (including phenoxy) is 1. The predicted molar refractivity (Wildman–Crippen MR) is 123 cm³/mol.